The Kier molecular flexibility index (Phi) is 6.00. The van der Waals surface area contributed by atoms with Crippen molar-refractivity contribution < 1.29 is 22.3 Å². The smallest absolute Gasteiger partial charge is 0.258 e. The monoisotopic (exact) mass is 406 g/mol. The molecule has 0 saturated heterocycles. The Morgan fingerprint density at radius 2 is 1.89 bits per heavy atom. The molecule has 0 radical (unpaired) electrons. The zero-order chi connectivity index (χ0) is 20.3. The van der Waals surface area contributed by atoms with E-state index in [9.17, 15) is 17.6 Å². The molecule has 2 N–H and O–H groups in total. The van der Waals surface area contributed by atoms with Crippen LogP contribution < -0.4 is 14.8 Å². The molecule has 1 aliphatic carbocycles. The minimum absolute atomic E-state index is 0.0352. The van der Waals surface area contributed by atoms with E-state index in [1.54, 1.807) is 32.0 Å². The maximum Gasteiger partial charge on any atom is 0.258 e. The van der Waals surface area contributed by atoms with Gasteiger partial charge in [-0.3, -0.25) is 4.79 Å². The summed E-state index contributed by atoms with van der Waals surface area (Å²) in [5, 5.41) is 2.78. The highest BCUT2D eigenvalue weighted by molar-refractivity contribution is 7.89. The second kappa shape index (κ2) is 8.28. The van der Waals surface area contributed by atoms with E-state index in [4.69, 9.17) is 4.74 Å². The molecule has 1 amide bonds. The molecule has 0 aromatic heterocycles. The normalized spacial score (nSPS) is 15.1. The van der Waals surface area contributed by atoms with Crippen LogP contribution in [0.15, 0.2) is 47.4 Å². The molecule has 6 nitrogen and oxygen atoms in total. The van der Waals surface area contributed by atoms with Crippen molar-refractivity contribution >= 4 is 15.9 Å². The highest BCUT2D eigenvalue weighted by Gasteiger charge is 2.28. The average Bonchev–Trinajstić information content (AvgIpc) is 3.44. The molecule has 0 spiro atoms. The van der Waals surface area contributed by atoms with Crippen LogP contribution in [0.4, 0.5) is 4.39 Å². The predicted molar refractivity (Wildman–Crippen MR) is 103 cm³/mol. The topological polar surface area (TPSA) is 84.5 Å². The molecular formula is C20H23FN2O4S. The van der Waals surface area contributed by atoms with Gasteiger partial charge in [0.05, 0.1) is 10.9 Å². The number of aryl methyl sites for hydroxylation is 1. The number of carbonyl (C=O) groups excluding carboxylic acids is 1. The lowest BCUT2D eigenvalue weighted by molar-refractivity contribution is -0.123. The number of carbonyl (C=O) groups is 1. The van der Waals surface area contributed by atoms with Crippen molar-refractivity contribution in [2.24, 2.45) is 0 Å². The van der Waals surface area contributed by atoms with Gasteiger partial charge >= 0.3 is 0 Å². The Hall–Kier alpha value is -2.45. The molecule has 0 aliphatic heterocycles. The molecule has 8 heteroatoms. The first-order valence-electron chi connectivity index (χ1n) is 9.05. The van der Waals surface area contributed by atoms with Crippen molar-refractivity contribution in [2.45, 2.75) is 43.7 Å². The van der Waals surface area contributed by atoms with Gasteiger partial charge in [-0.15, -0.1) is 0 Å². The van der Waals surface area contributed by atoms with E-state index in [0.29, 0.717) is 11.3 Å². The molecule has 2 aromatic rings. The second-order valence-electron chi connectivity index (χ2n) is 6.95. The lowest BCUT2D eigenvalue weighted by Gasteiger charge is -2.15. The van der Waals surface area contributed by atoms with E-state index in [0.717, 1.165) is 18.4 Å². The van der Waals surface area contributed by atoms with Crippen LogP contribution in [-0.4, -0.2) is 27.0 Å². The summed E-state index contributed by atoms with van der Waals surface area (Å²) in [6.45, 7) is 3.31. The molecule has 1 fully saturated rings. The molecule has 3 rings (SSSR count). The maximum atomic E-state index is 13.0. The number of sulfonamides is 1. The summed E-state index contributed by atoms with van der Waals surface area (Å²) in [6, 6.07) is 10.2. The van der Waals surface area contributed by atoms with Gasteiger partial charge in [-0.05, 0) is 68.1 Å². The van der Waals surface area contributed by atoms with E-state index in [1.165, 1.54) is 24.3 Å². The van der Waals surface area contributed by atoms with E-state index < -0.39 is 10.0 Å². The highest BCUT2D eigenvalue weighted by Crippen LogP contribution is 2.25. The third-order valence-electron chi connectivity index (χ3n) is 4.46. The predicted octanol–water partition coefficient (Wildman–Crippen LogP) is 2.83. The molecule has 0 unspecified atom stereocenters. The van der Waals surface area contributed by atoms with Crippen molar-refractivity contribution in [2.75, 3.05) is 6.61 Å². The number of hydrogen-bond acceptors (Lipinski definition) is 4. The standard InChI is InChI=1S/C20H23FN2O4S/c1-13-11-18(28(25,26)23-17-7-8-17)9-10-19(13)27-12-20(24)22-14(2)15-3-5-16(21)6-4-15/h3-6,9-11,14,17,23H,7-8,12H2,1-2H3,(H,22,24)/t14-/m0/s1. The number of amides is 1. The van der Waals surface area contributed by atoms with Gasteiger partial charge in [-0.1, -0.05) is 12.1 Å². The summed E-state index contributed by atoms with van der Waals surface area (Å²) in [5.74, 6) is -0.225. The van der Waals surface area contributed by atoms with Crippen molar-refractivity contribution in [3.8, 4) is 5.75 Å². The van der Waals surface area contributed by atoms with Crippen LogP contribution >= 0.6 is 0 Å². The Balaban J connectivity index is 1.56. The zero-order valence-electron chi connectivity index (χ0n) is 15.7. The van der Waals surface area contributed by atoms with E-state index in [-0.39, 0.29) is 35.3 Å². The fraction of sp³-hybridized carbons (Fsp3) is 0.350. The SMILES string of the molecule is Cc1cc(S(=O)(=O)NC2CC2)ccc1OCC(=O)N[C@@H](C)c1ccc(F)cc1. The number of halogens is 1. The Bertz CT molecular complexity index is 957. The number of hydrogen-bond donors (Lipinski definition) is 2. The first kappa shape index (κ1) is 20.3. The van der Waals surface area contributed by atoms with Crippen molar-refractivity contribution in [3.05, 3.63) is 59.4 Å². The van der Waals surface area contributed by atoms with Crippen LogP contribution in [-0.2, 0) is 14.8 Å². The summed E-state index contributed by atoms with van der Waals surface area (Å²) in [5.41, 5.74) is 1.40. The summed E-state index contributed by atoms with van der Waals surface area (Å²) >= 11 is 0. The summed E-state index contributed by atoms with van der Waals surface area (Å²) in [6.07, 6.45) is 1.73. The summed E-state index contributed by atoms with van der Waals surface area (Å²) in [4.78, 5) is 12.3. The van der Waals surface area contributed by atoms with Crippen LogP contribution in [0.3, 0.4) is 0 Å². The molecule has 0 heterocycles. The first-order valence-corrected chi connectivity index (χ1v) is 10.5. The molecular weight excluding hydrogens is 383 g/mol. The quantitative estimate of drug-likeness (QED) is 0.706. The van der Waals surface area contributed by atoms with Gasteiger partial charge in [0, 0.05) is 6.04 Å². The maximum absolute atomic E-state index is 13.0. The first-order chi connectivity index (χ1) is 13.2. The third kappa shape index (κ3) is 5.30. The summed E-state index contributed by atoms with van der Waals surface area (Å²) < 4.78 is 45.6. The molecule has 1 aliphatic rings. The lowest BCUT2D eigenvalue weighted by Crippen LogP contribution is -2.31. The van der Waals surface area contributed by atoms with Gasteiger partial charge in [0.25, 0.3) is 5.91 Å². The zero-order valence-corrected chi connectivity index (χ0v) is 16.6. The fourth-order valence-electron chi connectivity index (χ4n) is 2.70. The van der Waals surface area contributed by atoms with Crippen molar-refractivity contribution in [1.29, 1.82) is 0 Å². The molecule has 1 atom stereocenters. The third-order valence-corrected chi connectivity index (χ3v) is 5.98. The molecule has 28 heavy (non-hydrogen) atoms. The summed E-state index contributed by atoms with van der Waals surface area (Å²) in [7, 11) is -3.53. The number of nitrogens with one attached hydrogen (secondary N) is 2. The van der Waals surface area contributed by atoms with Gasteiger partial charge in [0.2, 0.25) is 10.0 Å². The van der Waals surface area contributed by atoms with Crippen molar-refractivity contribution in [3.63, 3.8) is 0 Å². The largest absolute Gasteiger partial charge is 0.484 e. The Morgan fingerprint density at radius 3 is 2.50 bits per heavy atom. The fourth-order valence-corrected chi connectivity index (χ4v) is 4.09. The van der Waals surface area contributed by atoms with E-state index in [2.05, 4.69) is 10.0 Å². The van der Waals surface area contributed by atoms with Crippen LogP contribution in [0, 0.1) is 12.7 Å². The van der Waals surface area contributed by atoms with Crippen LogP contribution in [0.2, 0.25) is 0 Å². The molecule has 150 valence electrons. The second-order valence-corrected chi connectivity index (χ2v) is 8.67. The van der Waals surface area contributed by atoms with Gasteiger partial charge in [0.15, 0.2) is 6.61 Å². The van der Waals surface area contributed by atoms with Crippen LogP contribution in [0.5, 0.6) is 5.75 Å². The molecule has 2 aromatic carbocycles. The average molecular weight is 406 g/mol. The van der Waals surface area contributed by atoms with Gasteiger partial charge in [-0.2, -0.15) is 0 Å². The molecule has 1 saturated carbocycles. The van der Waals surface area contributed by atoms with E-state index >= 15 is 0 Å². The molecule has 0 bridgehead atoms. The highest BCUT2D eigenvalue weighted by atomic mass is 32.2. The Labute approximate surface area is 164 Å². The van der Waals surface area contributed by atoms with Crippen molar-refractivity contribution in [1.82, 2.24) is 10.0 Å². The van der Waals surface area contributed by atoms with Gasteiger partial charge in [-0.25, -0.2) is 17.5 Å². The van der Waals surface area contributed by atoms with Crippen LogP contribution in [0.1, 0.15) is 36.9 Å². The van der Waals surface area contributed by atoms with Crippen LogP contribution in [0.25, 0.3) is 0 Å². The minimum Gasteiger partial charge on any atom is -0.484 e. The Morgan fingerprint density at radius 1 is 1.21 bits per heavy atom. The van der Waals surface area contributed by atoms with E-state index in [1.807, 2.05) is 0 Å². The number of rotatable bonds is 8. The number of benzene rings is 2. The minimum atomic E-state index is -3.53. The van der Waals surface area contributed by atoms with Gasteiger partial charge in [0.1, 0.15) is 11.6 Å². The number of ether oxygens (including phenoxy) is 1. The lowest BCUT2D eigenvalue weighted by atomic mass is 10.1. The van der Waals surface area contributed by atoms with Gasteiger partial charge < -0.3 is 10.1 Å².